The number of anilines is 1. The van der Waals surface area contributed by atoms with Gasteiger partial charge >= 0.3 is 5.97 Å². The second-order valence-corrected chi connectivity index (χ2v) is 4.30. The fraction of sp³-hybridized carbons (Fsp3) is 0.462. The van der Waals surface area contributed by atoms with Crippen molar-refractivity contribution < 1.29 is 19.0 Å². The number of carbonyl (C=O) groups excluding carboxylic acids is 1. The van der Waals surface area contributed by atoms with E-state index in [0.29, 0.717) is 30.2 Å². The Morgan fingerprint density at radius 3 is 2.89 bits per heavy atom. The minimum Gasteiger partial charge on any atom is -0.488 e. The van der Waals surface area contributed by atoms with E-state index in [4.69, 9.17) is 19.9 Å². The van der Waals surface area contributed by atoms with Crippen LogP contribution in [0.4, 0.5) is 5.69 Å². The number of rotatable bonds is 3. The maximum Gasteiger partial charge on any atom is 0.340 e. The largest absolute Gasteiger partial charge is 0.488 e. The lowest BCUT2D eigenvalue weighted by molar-refractivity contribution is 0.0601. The summed E-state index contributed by atoms with van der Waals surface area (Å²) in [6.07, 6.45) is 0.898. The van der Waals surface area contributed by atoms with Crippen molar-refractivity contribution in [2.45, 2.75) is 19.4 Å². The van der Waals surface area contributed by atoms with E-state index >= 15 is 0 Å². The summed E-state index contributed by atoms with van der Waals surface area (Å²) in [5, 5.41) is 0. The van der Waals surface area contributed by atoms with Crippen LogP contribution in [0.15, 0.2) is 12.1 Å². The summed E-state index contributed by atoms with van der Waals surface area (Å²) < 4.78 is 15.7. The standard InChI is InChI=1S/C13H17NO4/c1-8-5-10(18-9-3-4-17-7-9)6-11(12(8)14)13(15)16-2/h5-6,9H,3-4,7,14H2,1-2H3. The molecule has 1 aliphatic heterocycles. The first-order valence-corrected chi connectivity index (χ1v) is 5.84. The monoisotopic (exact) mass is 251 g/mol. The lowest BCUT2D eigenvalue weighted by Gasteiger charge is -2.15. The molecule has 2 N–H and O–H groups in total. The Kier molecular flexibility index (Phi) is 3.72. The van der Waals surface area contributed by atoms with E-state index in [9.17, 15) is 4.79 Å². The molecular formula is C13H17NO4. The van der Waals surface area contributed by atoms with Crippen LogP contribution in [0.5, 0.6) is 5.75 Å². The number of hydrogen-bond donors (Lipinski definition) is 1. The molecule has 0 spiro atoms. The molecule has 2 rings (SSSR count). The number of ether oxygens (including phenoxy) is 3. The first-order chi connectivity index (χ1) is 8.61. The van der Waals surface area contributed by atoms with Crippen LogP contribution >= 0.6 is 0 Å². The van der Waals surface area contributed by atoms with Gasteiger partial charge in [-0.3, -0.25) is 0 Å². The summed E-state index contributed by atoms with van der Waals surface area (Å²) in [6.45, 7) is 3.12. The van der Waals surface area contributed by atoms with E-state index in [-0.39, 0.29) is 6.10 Å². The summed E-state index contributed by atoms with van der Waals surface area (Å²) in [6, 6.07) is 3.44. The van der Waals surface area contributed by atoms with Crippen molar-refractivity contribution in [1.29, 1.82) is 0 Å². The number of aryl methyl sites for hydroxylation is 1. The molecule has 5 heteroatoms. The van der Waals surface area contributed by atoms with Gasteiger partial charge in [0.15, 0.2) is 0 Å². The van der Waals surface area contributed by atoms with E-state index in [1.54, 1.807) is 6.07 Å². The Labute approximate surface area is 106 Å². The zero-order valence-corrected chi connectivity index (χ0v) is 10.6. The Balaban J connectivity index is 2.25. The highest BCUT2D eigenvalue weighted by Crippen LogP contribution is 2.26. The predicted octanol–water partition coefficient (Wildman–Crippen LogP) is 1.53. The number of methoxy groups -OCH3 is 1. The summed E-state index contributed by atoms with van der Waals surface area (Å²) in [5.41, 5.74) is 7.42. The quantitative estimate of drug-likeness (QED) is 0.651. The third kappa shape index (κ3) is 2.56. The third-order valence-electron chi connectivity index (χ3n) is 2.96. The van der Waals surface area contributed by atoms with Gasteiger partial charge in [0.25, 0.3) is 0 Å². The highest BCUT2D eigenvalue weighted by atomic mass is 16.5. The second kappa shape index (κ2) is 5.27. The molecule has 0 radical (unpaired) electrons. The molecule has 18 heavy (non-hydrogen) atoms. The molecule has 1 heterocycles. The van der Waals surface area contributed by atoms with Crippen molar-refractivity contribution in [3.63, 3.8) is 0 Å². The van der Waals surface area contributed by atoms with Crippen LogP contribution in [0.25, 0.3) is 0 Å². The predicted molar refractivity (Wildman–Crippen MR) is 66.8 cm³/mol. The summed E-state index contributed by atoms with van der Waals surface area (Å²) in [5.74, 6) is 0.168. The van der Waals surface area contributed by atoms with Gasteiger partial charge in [0, 0.05) is 12.1 Å². The van der Waals surface area contributed by atoms with E-state index < -0.39 is 5.97 Å². The number of esters is 1. The molecule has 1 aromatic rings. The van der Waals surface area contributed by atoms with Gasteiger partial charge in [0.1, 0.15) is 11.9 Å². The Morgan fingerprint density at radius 2 is 2.28 bits per heavy atom. The van der Waals surface area contributed by atoms with E-state index in [1.165, 1.54) is 7.11 Å². The second-order valence-electron chi connectivity index (χ2n) is 4.30. The van der Waals surface area contributed by atoms with Gasteiger partial charge in [-0.25, -0.2) is 4.79 Å². The van der Waals surface area contributed by atoms with Gasteiger partial charge in [-0.05, 0) is 24.6 Å². The first kappa shape index (κ1) is 12.7. The topological polar surface area (TPSA) is 70.8 Å². The molecule has 1 atom stereocenters. The molecule has 98 valence electrons. The Bertz CT molecular complexity index is 453. The minimum absolute atomic E-state index is 0.0403. The maximum atomic E-state index is 11.6. The maximum absolute atomic E-state index is 11.6. The van der Waals surface area contributed by atoms with Crippen molar-refractivity contribution in [1.82, 2.24) is 0 Å². The van der Waals surface area contributed by atoms with Crippen LogP contribution in [0.3, 0.4) is 0 Å². The molecule has 1 unspecified atom stereocenters. The molecular weight excluding hydrogens is 234 g/mol. The highest BCUT2D eigenvalue weighted by molar-refractivity contribution is 5.96. The van der Waals surface area contributed by atoms with Crippen molar-refractivity contribution in [2.75, 3.05) is 26.1 Å². The molecule has 1 aromatic carbocycles. The lowest BCUT2D eigenvalue weighted by atomic mass is 10.1. The first-order valence-electron chi connectivity index (χ1n) is 5.84. The minimum atomic E-state index is -0.455. The van der Waals surface area contributed by atoms with Gasteiger partial charge in [0.2, 0.25) is 0 Å². The number of carbonyl (C=O) groups is 1. The SMILES string of the molecule is COC(=O)c1cc(OC2CCOC2)cc(C)c1N. The molecule has 5 nitrogen and oxygen atoms in total. The highest BCUT2D eigenvalue weighted by Gasteiger charge is 2.19. The fourth-order valence-electron chi connectivity index (χ4n) is 1.91. The number of hydrogen-bond acceptors (Lipinski definition) is 5. The van der Waals surface area contributed by atoms with Gasteiger partial charge in [-0.15, -0.1) is 0 Å². The van der Waals surface area contributed by atoms with Gasteiger partial charge < -0.3 is 19.9 Å². The van der Waals surface area contributed by atoms with Crippen LogP contribution in [-0.4, -0.2) is 32.4 Å². The van der Waals surface area contributed by atoms with Gasteiger partial charge in [-0.1, -0.05) is 0 Å². The zero-order valence-electron chi connectivity index (χ0n) is 10.6. The number of nitrogen functional groups attached to an aromatic ring is 1. The summed E-state index contributed by atoms with van der Waals surface area (Å²) >= 11 is 0. The van der Waals surface area contributed by atoms with Crippen LogP contribution in [0.1, 0.15) is 22.3 Å². The molecule has 0 bridgehead atoms. The zero-order chi connectivity index (χ0) is 13.1. The van der Waals surface area contributed by atoms with E-state index in [2.05, 4.69) is 0 Å². The van der Waals surface area contributed by atoms with Crippen LogP contribution in [-0.2, 0) is 9.47 Å². The number of benzene rings is 1. The lowest BCUT2D eigenvalue weighted by Crippen LogP contribution is -2.16. The Morgan fingerprint density at radius 1 is 1.50 bits per heavy atom. The molecule has 1 fully saturated rings. The van der Waals surface area contributed by atoms with Gasteiger partial charge in [0.05, 0.1) is 25.9 Å². The van der Waals surface area contributed by atoms with E-state index in [0.717, 1.165) is 12.0 Å². The van der Waals surface area contributed by atoms with Gasteiger partial charge in [-0.2, -0.15) is 0 Å². The molecule has 0 saturated carbocycles. The third-order valence-corrected chi connectivity index (χ3v) is 2.96. The van der Waals surface area contributed by atoms with Crippen molar-refractivity contribution in [3.8, 4) is 5.75 Å². The average Bonchev–Trinajstić information content (AvgIpc) is 2.85. The van der Waals surface area contributed by atoms with Crippen LogP contribution in [0, 0.1) is 6.92 Å². The average molecular weight is 251 g/mol. The van der Waals surface area contributed by atoms with Crippen molar-refractivity contribution in [2.24, 2.45) is 0 Å². The molecule has 0 aliphatic carbocycles. The van der Waals surface area contributed by atoms with E-state index in [1.807, 2.05) is 13.0 Å². The van der Waals surface area contributed by atoms with Crippen LogP contribution in [0.2, 0.25) is 0 Å². The number of nitrogens with two attached hydrogens (primary N) is 1. The molecule has 1 aliphatic rings. The normalized spacial score (nSPS) is 18.7. The summed E-state index contributed by atoms with van der Waals surface area (Å²) in [4.78, 5) is 11.6. The fourth-order valence-corrected chi connectivity index (χ4v) is 1.91. The van der Waals surface area contributed by atoms with Crippen molar-refractivity contribution in [3.05, 3.63) is 23.3 Å². The van der Waals surface area contributed by atoms with Crippen LogP contribution < -0.4 is 10.5 Å². The molecule has 1 saturated heterocycles. The summed E-state index contributed by atoms with van der Waals surface area (Å²) in [7, 11) is 1.33. The Hall–Kier alpha value is -1.75. The molecule has 0 amide bonds. The van der Waals surface area contributed by atoms with Crippen molar-refractivity contribution >= 4 is 11.7 Å². The smallest absolute Gasteiger partial charge is 0.340 e. The molecule has 0 aromatic heterocycles.